The summed E-state index contributed by atoms with van der Waals surface area (Å²) < 4.78 is 0. The number of halogens is 2. The number of rotatable bonds is 3. The molecule has 0 aliphatic carbocycles. The molecule has 3 aromatic rings. The molecule has 2 aliphatic rings. The van der Waals surface area contributed by atoms with Gasteiger partial charge in [-0.05, 0) is 48.9 Å². The Balaban J connectivity index is 1.66. The first-order chi connectivity index (χ1) is 14.9. The third kappa shape index (κ3) is 3.15. The summed E-state index contributed by atoms with van der Waals surface area (Å²) in [5, 5.41) is 0.791. The van der Waals surface area contributed by atoms with E-state index < -0.39 is 4.87 Å². The zero-order valence-electron chi connectivity index (χ0n) is 16.6. The van der Waals surface area contributed by atoms with Crippen LogP contribution in [0.25, 0.3) is 0 Å². The van der Waals surface area contributed by atoms with Crippen molar-refractivity contribution in [1.82, 2.24) is 0 Å². The van der Waals surface area contributed by atoms with E-state index in [0.29, 0.717) is 22.3 Å². The van der Waals surface area contributed by atoms with E-state index in [0.717, 1.165) is 16.8 Å². The van der Waals surface area contributed by atoms with Crippen LogP contribution in [0.15, 0.2) is 72.8 Å². The normalized spacial score (nSPS) is 22.5. The molecule has 2 unspecified atom stereocenters. The van der Waals surface area contributed by atoms with E-state index in [9.17, 15) is 9.59 Å². The highest BCUT2D eigenvalue weighted by Crippen LogP contribution is 2.58. The van der Waals surface area contributed by atoms with Crippen molar-refractivity contribution in [2.75, 3.05) is 9.80 Å². The zero-order chi connectivity index (χ0) is 21.8. The van der Waals surface area contributed by atoms with Crippen molar-refractivity contribution in [3.63, 3.8) is 0 Å². The lowest BCUT2D eigenvalue weighted by atomic mass is 10.0. The molecule has 2 atom stereocenters. The summed E-state index contributed by atoms with van der Waals surface area (Å²) >= 11 is 13.6. The Morgan fingerprint density at radius 2 is 1.68 bits per heavy atom. The highest BCUT2D eigenvalue weighted by Gasteiger charge is 2.63. The summed E-state index contributed by atoms with van der Waals surface area (Å²) in [6.07, 6.45) is 0. The third-order valence-electron chi connectivity index (χ3n) is 5.65. The Labute approximate surface area is 194 Å². The molecule has 4 nitrogen and oxygen atoms in total. The Bertz CT molecular complexity index is 1200. The van der Waals surface area contributed by atoms with Crippen molar-refractivity contribution in [2.24, 2.45) is 0 Å². The molecular formula is C24H18Cl2N2O2S. The van der Waals surface area contributed by atoms with Gasteiger partial charge in [0.1, 0.15) is 0 Å². The van der Waals surface area contributed by atoms with Gasteiger partial charge in [0.2, 0.25) is 10.8 Å². The molecule has 3 aromatic carbocycles. The van der Waals surface area contributed by atoms with Crippen molar-refractivity contribution in [3.8, 4) is 0 Å². The van der Waals surface area contributed by atoms with Gasteiger partial charge in [0.25, 0.3) is 5.91 Å². The lowest BCUT2D eigenvalue weighted by Crippen LogP contribution is -2.49. The van der Waals surface area contributed by atoms with Crippen LogP contribution >= 0.6 is 35.0 Å². The molecule has 0 N–H and O–H groups in total. The van der Waals surface area contributed by atoms with Crippen LogP contribution in [0.2, 0.25) is 10.0 Å². The number of nitrogens with zero attached hydrogens (tertiary/aromatic N) is 2. The standard InChI is InChI=1S/C24H18Cl2N2O2S/c1-15-22(29)28(19-6-4-5-18(26)13-19)24(31-15)20-7-2-3-8-21(20)27(23(24)30)14-16-9-11-17(25)12-10-16/h2-13,15H,14H2,1H3. The lowest BCUT2D eigenvalue weighted by molar-refractivity contribution is -0.124. The third-order valence-corrected chi connectivity index (χ3v) is 7.61. The average Bonchev–Trinajstić information content (AvgIpc) is 3.16. The molecule has 0 saturated carbocycles. The molecule has 5 rings (SSSR count). The first kappa shape index (κ1) is 20.4. The van der Waals surface area contributed by atoms with Crippen molar-refractivity contribution in [2.45, 2.75) is 23.6 Å². The van der Waals surface area contributed by atoms with Crippen molar-refractivity contribution >= 4 is 58.2 Å². The molecule has 0 radical (unpaired) electrons. The molecule has 31 heavy (non-hydrogen) atoms. The predicted molar refractivity (Wildman–Crippen MR) is 127 cm³/mol. The number of amides is 2. The number of carbonyl (C=O) groups is 2. The number of carbonyl (C=O) groups excluding carboxylic acids is 2. The van der Waals surface area contributed by atoms with E-state index >= 15 is 0 Å². The molecule has 2 amide bonds. The molecule has 0 aromatic heterocycles. The summed E-state index contributed by atoms with van der Waals surface area (Å²) in [6.45, 7) is 2.23. The molecular weight excluding hydrogens is 451 g/mol. The Morgan fingerprint density at radius 1 is 0.935 bits per heavy atom. The number of hydrogen-bond acceptors (Lipinski definition) is 3. The van der Waals surface area contributed by atoms with Crippen molar-refractivity contribution < 1.29 is 9.59 Å². The summed E-state index contributed by atoms with van der Waals surface area (Å²) in [7, 11) is 0. The van der Waals surface area contributed by atoms with Gasteiger partial charge < -0.3 is 4.90 Å². The maximum Gasteiger partial charge on any atom is 0.269 e. The fourth-order valence-corrected chi connectivity index (χ4v) is 6.12. The van der Waals surface area contributed by atoms with Crippen LogP contribution in [0.5, 0.6) is 0 Å². The summed E-state index contributed by atoms with van der Waals surface area (Å²) in [4.78, 5) is 29.6. The van der Waals surface area contributed by atoms with Crippen molar-refractivity contribution in [3.05, 3.63) is 94.0 Å². The maximum atomic E-state index is 14.1. The van der Waals surface area contributed by atoms with Gasteiger partial charge in [-0.1, -0.05) is 59.6 Å². The summed E-state index contributed by atoms with van der Waals surface area (Å²) in [5.41, 5.74) is 3.20. The monoisotopic (exact) mass is 468 g/mol. The SMILES string of the molecule is CC1SC2(C(=O)N(Cc3ccc(Cl)cc3)c3ccccc32)N(c2cccc(Cl)c2)C1=O. The second-order valence-electron chi connectivity index (χ2n) is 7.59. The number of hydrogen-bond donors (Lipinski definition) is 0. The Morgan fingerprint density at radius 3 is 2.42 bits per heavy atom. The molecule has 2 aliphatic heterocycles. The van der Waals surface area contributed by atoms with E-state index in [4.69, 9.17) is 23.2 Å². The quantitative estimate of drug-likeness (QED) is 0.483. The first-order valence-corrected chi connectivity index (χ1v) is 11.5. The average molecular weight is 469 g/mol. The first-order valence-electron chi connectivity index (χ1n) is 9.85. The van der Waals surface area contributed by atoms with Gasteiger partial charge in [-0.25, -0.2) is 0 Å². The predicted octanol–water partition coefficient (Wildman–Crippen LogP) is 5.86. The van der Waals surface area contributed by atoms with Gasteiger partial charge in [0.15, 0.2) is 0 Å². The lowest BCUT2D eigenvalue weighted by Gasteiger charge is -2.33. The largest absolute Gasteiger partial charge is 0.304 e. The second kappa shape index (κ2) is 7.59. The number of fused-ring (bicyclic) bond motifs is 2. The topological polar surface area (TPSA) is 40.6 Å². The van der Waals surface area contributed by atoms with E-state index in [1.54, 1.807) is 28.0 Å². The molecule has 1 fully saturated rings. The maximum absolute atomic E-state index is 14.1. The summed E-state index contributed by atoms with van der Waals surface area (Å²) in [5.74, 6) is -0.241. The van der Waals surface area contributed by atoms with Gasteiger partial charge in [-0.2, -0.15) is 0 Å². The fourth-order valence-electron chi connectivity index (χ4n) is 4.28. The number of para-hydroxylation sites is 1. The van der Waals surface area contributed by atoms with Gasteiger partial charge in [-0.3, -0.25) is 14.5 Å². The highest BCUT2D eigenvalue weighted by atomic mass is 35.5. The molecule has 7 heteroatoms. The van der Waals surface area contributed by atoms with E-state index in [-0.39, 0.29) is 17.1 Å². The van der Waals surface area contributed by atoms with Crippen LogP contribution in [-0.2, 0) is 21.0 Å². The van der Waals surface area contributed by atoms with Crippen LogP contribution in [0.4, 0.5) is 11.4 Å². The fraction of sp³-hybridized carbons (Fsp3) is 0.167. The van der Waals surface area contributed by atoms with Crippen LogP contribution in [0.3, 0.4) is 0 Å². The van der Waals surface area contributed by atoms with Gasteiger partial charge in [0.05, 0.1) is 17.5 Å². The minimum absolute atomic E-state index is 0.108. The van der Waals surface area contributed by atoms with Crippen LogP contribution < -0.4 is 9.80 Å². The number of benzene rings is 3. The minimum atomic E-state index is -1.16. The molecule has 1 saturated heterocycles. The Kier molecular flexibility index (Phi) is 5.00. The van der Waals surface area contributed by atoms with E-state index in [2.05, 4.69) is 0 Å². The molecule has 1 spiro atoms. The number of thioether (sulfide) groups is 1. The molecule has 0 bridgehead atoms. The van der Waals surface area contributed by atoms with Crippen LogP contribution in [0.1, 0.15) is 18.1 Å². The summed E-state index contributed by atoms with van der Waals surface area (Å²) in [6, 6.07) is 22.2. The Hall–Kier alpha value is -2.47. The second-order valence-corrected chi connectivity index (χ2v) is 10.00. The van der Waals surface area contributed by atoms with Gasteiger partial charge in [-0.15, -0.1) is 11.8 Å². The molecule has 156 valence electrons. The van der Waals surface area contributed by atoms with Crippen LogP contribution in [0, 0.1) is 0 Å². The minimum Gasteiger partial charge on any atom is -0.304 e. The van der Waals surface area contributed by atoms with Crippen LogP contribution in [-0.4, -0.2) is 17.1 Å². The van der Waals surface area contributed by atoms with E-state index in [1.807, 2.05) is 61.5 Å². The van der Waals surface area contributed by atoms with E-state index in [1.165, 1.54) is 11.8 Å². The number of anilines is 2. The highest BCUT2D eigenvalue weighted by molar-refractivity contribution is 8.03. The van der Waals surface area contributed by atoms with Gasteiger partial charge >= 0.3 is 0 Å². The smallest absolute Gasteiger partial charge is 0.269 e. The zero-order valence-corrected chi connectivity index (χ0v) is 18.9. The molecule has 2 heterocycles. The van der Waals surface area contributed by atoms with Crippen molar-refractivity contribution in [1.29, 1.82) is 0 Å². The van der Waals surface area contributed by atoms with Gasteiger partial charge in [0, 0.05) is 21.3 Å².